The van der Waals surface area contributed by atoms with E-state index in [0.29, 0.717) is 27.7 Å². The monoisotopic (exact) mass is 640 g/mol. The molecule has 0 aliphatic carbocycles. The Balaban J connectivity index is 1.28. The Hall–Kier alpha value is -4.71. The highest BCUT2D eigenvalue weighted by atomic mass is 32.2. The summed E-state index contributed by atoms with van der Waals surface area (Å²) in [5.74, 6) is -0.563. The van der Waals surface area contributed by atoms with Gasteiger partial charge in [0.05, 0.1) is 22.9 Å². The molecular formula is C33H28N4O4S3. The van der Waals surface area contributed by atoms with Crippen molar-refractivity contribution in [3.63, 3.8) is 0 Å². The van der Waals surface area contributed by atoms with E-state index in [9.17, 15) is 14.4 Å². The third kappa shape index (κ3) is 8.01. The molecule has 0 saturated heterocycles. The van der Waals surface area contributed by atoms with Gasteiger partial charge in [0, 0.05) is 27.1 Å². The maximum Gasteiger partial charge on any atom is 0.272 e. The lowest BCUT2D eigenvalue weighted by Crippen LogP contribution is -2.30. The number of thiophene rings is 1. The summed E-state index contributed by atoms with van der Waals surface area (Å²) < 4.78 is 5.43. The topological polar surface area (TPSA) is 109 Å². The smallest absolute Gasteiger partial charge is 0.272 e. The number of hydrogen-bond donors (Lipinski definition) is 3. The fourth-order valence-corrected chi connectivity index (χ4v) is 6.46. The third-order valence-corrected chi connectivity index (χ3v) is 8.99. The minimum absolute atomic E-state index is 0.0412. The normalized spacial score (nSPS) is 11.8. The molecule has 44 heavy (non-hydrogen) atoms. The van der Waals surface area contributed by atoms with E-state index in [0.717, 1.165) is 15.5 Å². The quantitative estimate of drug-likeness (QED) is 0.103. The van der Waals surface area contributed by atoms with Crippen molar-refractivity contribution in [2.45, 2.75) is 17.1 Å². The van der Waals surface area contributed by atoms with Crippen molar-refractivity contribution in [3.8, 4) is 16.3 Å². The van der Waals surface area contributed by atoms with Gasteiger partial charge in [-0.25, -0.2) is 4.98 Å². The summed E-state index contributed by atoms with van der Waals surface area (Å²) in [6.07, 6.45) is 1.57. The van der Waals surface area contributed by atoms with Gasteiger partial charge in [0.1, 0.15) is 11.4 Å². The highest BCUT2D eigenvalue weighted by molar-refractivity contribution is 8.00. The molecule has 0 fully saturated rings. The number of anilines is 2. The van der Waals surface area contributed by atoms with Crippen LogP contribution in [0.4, 0.5) is 10.8 Å². The van der Waals surface area contributed by atoms with Crippen LogP contribution >= 0.6 is 34.4 Å². The maximum atomic E-state index is 13.5. The first kappa shape index (κ1) is 30.7. The zero-order valence-electron chi connectivity index (χ0n) is 23.8. The molecule has 0 aliphatic rings. The zero-order chi connectivity index (χ0) is 30.9. The fraction of sp³-hybridized carbons (Fsp3) is 0.0909. The summed E-state index contributed by atoms with van der Waals surface area (Å²) in [7, 11) is 1.54. The molecule has 0 aliphatic heterocycles. The molecule has 0 saturated carbocycles. The highest BCUT2D eigenvalue weighted by Crippen LogP contribution is 2.30. The summed E-state index contributed by atoms with van der Waals surface area (Å²) in [6, 6.07) is 27.0. The van der Waals surface area contributed by atoms with Gasteiger partial charge in [-0.15, -0.1) is 34.4 Å². The number of carbonyl (C=O) groups excluding carboxylic acids is 3. The lowest BCUT2D eigenvalue weighted by atomic mass is 10.1. The number of ether oxygens (including phenoxy) is 1. The van der Waals surface area contributed by atoms with Gasteiger partial charge in [0.2, 0.25) is 5.91 Å². The van der Waals surface area contributed by atoms with Crippen LogP contribution in [0.1, 0.15) is 22.8 Å². The minimum atomic E-state index is -0.515. The van der Waals surface area contributed by atoms with Crippen LogP contribution in [0, 0.1) is 0 Å². The van der Waals surface area contributed by atoms with Crippen molar-refractivity contribution < 1.29 is 19.1 Å². The SMILES string of the molecule is COc1ccccc1/C=C(/NC(=O)c1ccccc1)C(=O)Nc1cccc(SC(C)C(=O)Nc2nc(-c3cccs3)cs2)c1. The summed E-state index contributed by atoms with van der Waals surface area (Å²) in [5, 5.41) is 12.5. The van der Waals surface area contributed by atoms with Gasteiger partial charge in [-0.05, 0) is 60.8 Å². The first-order chi connectivity index (χ1) is 21.4. The number of thiazole rings is 1. The fourth-order valence-electron chi connectivity index (χ4n) is 4.06. The van der Waals surface area contributed by atoms with Gasteiger partial charge in [0.25, 0.3) is 11.8 Å². The van der Waals surface area contributed by atoms with Gasteiger partial charge >= 0.3 is 0 Å². The highest BCUT2D eigenvalue weighted by Gasteiger charge is 2.19. The summed E-state index contributed by atoms with van der Waals surface area (Å²) in [4.78, 5) is 45.8. The second-order valence-electron chi connectivity index (χ2n) is 9.37. The minimum Gasteiger partial charge on any atom is -0.496 e. The van der Waals surface area contributed by atoms with Crippen LogP contribution in [0.2, 0.25) is 0 Å². The van der Waals surface area contributed by atoms with Crippen LogP contribution in [0.15, 0.2) is 112 Å². The molecule has 5 rings (SSSR count). The number of amides is 3. The molecule has 3 aromatic carbocycles. The van der Waals surface area contributed by atoms with Crippen LogP contribution in [0.25, 0.3) is 16.6 Å². The first-order valence-corrected chi connectivity index (χ1v) is 16.1. The lowest BCUT2D eigenvalue weighted by molar-refractivity contribution is -0.115. The van der Waals surface area contributed by atoms with Gasteiger partial charge in [-0.2, -0.15) is 0 Å². The summed E-state index contributed by atoms with van der Waals surface area (Å²) >= 11 is 4.33. The lowest BCUT2D eigenvalue weighted by Gasteiger charge is -2.14. The van der Waals surface area contributed by atoms with Crippen molar-refractivity contribution in [3.05, 3.63) is 119 Å². The number of benzene rings is 3. The first-order valence-electron chi connectivity index (χ1n) is 13.5. The predicted molar refractivity (Wildman–Crippen MR) is 179 cm³/mol. The largest absolute Gasteiger partial charge is 0.496 e. The van der Waals surface area contributed by atoms with Crippen LogP contribution in [0.5, 0.6) is 5.75 Å². The van der Waals surface area contributed by atoms with Crippen LogP contribution in [0.3, 0.4) is 0 Å². The molecule has 0 bridgehead atoms. The molecule has 11 heteroatoms. The van der Waals surface area contributed by atoms with E-state index < -0.39 is 17.1 Å². The molecule has 3 amide bonds. The van der Waals surface area contributed by atoms with E-state index in [4.69, 9.17) is 4.74 Å². The Morgan fingerprint density at radius 2 is 1.70 bits per heavy atom. The maximum absolute atomic E-state index is 13.5. The van der Waals surface area contributed by atoms with Crippen molar-refractivity contribution >= 4 is 69.1 Å². The summed E-state index contributed by atoms with van der Waals surface area (Å²) in [6.45, 7) is 1.81. The van der Waals surface area contributed by atoms with Crippen LogP contribution < -0.4 is 20.7 Å². The van der Waals surface area contributed by atoms with E-state index in [1.807, 2.05) is 54.1 Å². The Kier molecular flexibility index (Phi) is 10.2. The number of nitrogens with one attached hydrogen (secondary N) is 3. The standard InChI is InChI=1S/C33H28N4O4S3/c1-21(30(38)37-33-36-27(20-43-33)29-16-9-17-42-29)44-25-14-8-13-24(19-25)34-32(40)26(18-23-12-6-7-15-28(23)41-2)35-31(39)22-10-4-3-5-11-22/h3-21H,1-2H3,(H,34,40)(H,35,39)(H,36,37,38)/b26-18+. The third-order valence-electron chi connectivity index (χ3n) is 6.25. The molecule has 5 aromatic rings. The molecule has 1 unspecified atom stereocenters. The molecule has 3 N–H and O–H groups in total. The number of rotatable bonds is 11. The Morgan fingerprint density at radius 3 is 2.48 bits per heavy atom. The second-order valence-corrected chi connectivity index (χ2v) is 12.6. The van der Waals surface area contributed by atoms with E-state index >= 15 is 0 Å². The van der Waals surface area contributed by atoms with Crippen molar-refractivity contribution in [2.75, 3.05) is 17.7 Å². The molecular weight excluding hydrogens is 613 g/mol. The molecule has 222 valence electrons. The Bertz CT molecular complexity index is 1790. The van der Waals surface area contributed by atoms with Gasteiger partial charge in [-0.1, -0.05) is 48.5 Å². The number of carbonyl (C=O) groups is 3. The van der Waals surface area contributed by atoms with E-state index in [2.05, 4.69) is 20.9 Å². The molecule has 0 radical (unpaired) electrons. The van der Waals surface area contributed by atoms with Gasteiger partial charge in [-0.3, -0.25) is 14.4 Å². The molecule has 0 spiro atoms. The number of methoxy groups -OCH3 is 1. The van der Waals surface area contributed by atoms with E-state index in [-0.39, 0.29) is 11.6 Å². The number of aromatic nitrogens is 1. The molecule has 1 atom stereocenters. The second kappa shape index (κ2) is 14.6. The number of hydrogen-bond acceptors (Lipinski definition) is 8. The number of nitrogens with zero attached hydrogens (tertiary/aromatic N) is 1. The average Bonchev–Trinajstić information content (AvgIpc) is 3.74. The Labute approximate surface area is 267 Å². The van der Waals surface area contributed by atoms with Crippen LogP contribution in [-0.2, 0) is 9.59 Å². The molecule has 2 heterocycles. The average molecular weight is 641 g/mol. The molecule has 8 nitrogen and oxygen atoms in total. The van der Waals surface area contributed by atoms with Gasteiger partial charge < -0.3 is 20.7 Å². The zero-order valence-corrected chi connectivity index (χ0v) is 26.2. The van der Waals surface area contributed by atoms with Crippen molar-refractivity contribution in [1.82, 2.24) is 10.3 Å². The number of para-hydroxylation sites is 1. The summed E-state index contributed by atoms with van der Waals surface area (Å²) in [5.41, 5.74) is 2.42. The Morgan fingerprint density at radius 1 is 0.909 bits per heavy atom. The van der Waals surface area contributed by atoms with E-state index in [1.54, 1.807) is 79.1 Å². The van der Waals surface area contributed by atoms with Crippen molar-refractivity contribution in [2.24, 2.45) is 0 Å². The predicted octanol–water partition coefficient (Wildman–Crippen LogP) is 7.41. The van der Waals surface area contributed by atoms with E-state index in [1.165, 1.54) is 23.1 Å². The number of thioether (sulfide) groups is 1. The van der Waals surface area contributed by atoms with Crippen LogP contribution in [-0.4, -0.2) is 35.1 Å². The molecule has 2 aromatic heterocycles. The van der Waals surface area contributed by atoms with Gasteiger partial charge in [0.15, 0.2) is 5.13 Å². The van der Waals surface area contributed by atoms with Crippen molar-refractivity contribution in [1.29, 1.82) is 0 Å².